The summed E-state index contributed by atoms with van der Waals surface area (Å²) in [7, 11) is -4.70. The van der Waals surface area contributed by atoms with Gasteiger partial charge in [-0.3, -0.25) is 0 Å². The second-order valence-electron chi connectivity index (χ2n) is 7.27. The van der Waals surface area contributed by atoms with Gasteiger partial charge in [0.2, 0.25) is 10.0 Å². The topological polar surface area (TPSA) is 37.4 Å². The Labute approximate surface area is 136 Å². The van der Waals surface area contributed by atoms with Gasteiger partial charge in [-0.25, -0.2) is 8.42 Å². The van der Waals surface area contributed by atoms with E-state index in [4.69, 9.17) is 0 Å². The summed E-state index contributed by atoms with van der Waals surface area (Å²) in [5.41, 5.74) is 1.07. The van der Waals surface area contributed by atoms with Crippen LogP contribution < -0.4 is 0 Å². The Morgan fingerprint density at radius 2 is 1.64 bits per heavy atom. The maximum Gasteiger partial charge on any atom is 0.243 e. The molecule has 22 heavy (non-hydrogen) atoms. The minimum Gasteiger partial charge on any atom is -0.207 e. The van der Waals surface area contributed by atoms with Crippen LogP contribution in [0, 0.1) is 12.8 Å². The van der Waals surface area contributed by atoms with Crippen LogP contribution in [0.4, 0.5) is 0 Å². The van der Waals surface area contributed by atoms with Gasteiger partial charge in [0.15, 0.2) is 0 Å². The van der Waals surface area contributed by atoms with E-state index in [1.165, 1.54) is 5.20 Å². The lowest BCUT2D eigenvalue weighted by molar-refractivity contribution is 0.302. The van der Waals surface area contributed by atoms with Crippen LogP contribution in [-0.2, 0) is 10.0 Å². The van der Waals surface area contributed by atoms with Gasteiger partial charge in [-0.1, -0.05) is 42.5 Å². The second kappa shape index (κ2) is 6.30. The van der Waals surface area contributed by atoms with Gasteiger partial charge in [-0.15, -0.1) is 6.58 Å². The molecule has 0 aromatic heterocycles. The fraction of sp³-hybridized carbons (Fsp3) is 0.529. The van der Waals surface area contributed by atoms with Crippen LogP contribution in [0.15, 0.2) is 40.9 Å². The molecule has 0 unspecified atom stereocenters. The van der Waals surface area contributed by atoms with Crippen molar-refractivity contribution < 1.29 is 8.42 Å². The fourth-order valence-corrected chi connectivity index (χ4v) is 5.90. The van der Waals surface area contributed by atoms with Gasteiger partial charge in [0, 0.05) is 13.1 Å². The van der Waals surface area contributed by atoms with Crippen molar-refractivity contribution in [3.05, 3.63) is 41.6 Å². The second-order valence-corrected chi connectivity index (χ2v) is 14.3. The van der Waals surface area contributed by atoms with Crippen molar-refractivity contribution in [2.24, 2.45) is 5.92 Å². The number of aryl methyl sites for hydroxylation is 1. The smallest absolute Gasteiger partial charge is 0.207 e. The average Bonchev–Trinajstić information content (AvgIpc) is 2.46. The van der Waals surface area contributed by atoms with E-state index in [2.05, 4.69) is 26.2 Å². The standard InChI is InChI=1S/C17H27NO2SSi/c1-14-6-8-17(9-7-14)21(19,20)18-12-10-16(11-13-18)15(2)22(3,4)5/h6-9,16H,2,10-13H2,1,3-5H3. The molecule has 0 radical (unpaired) electrons. The molecule has 2 rings (SSSR count). The molecule has 5 heteroatoms. The molecule has 1 fully saturated rings. The molecule has 0 bridgehead atoms. The first-order chi connectivity index (χ1) is 10.1. The molecule has 1 aromatic rings. The molecule has 0 saturated carbocycles. The minimum absolute atomic E-state index is 0.403. The molecule has 3 nitrogen and oxygen atoms in total. The van der Waals surface area contributed by atoms with Gasteiger partial charge in [-0.2, -0.15) is 4.31 Å². The number of rotatable bonds is 4. The molecule has 0 spiro atoms. The molecular formula is C17H27NO2SSi. The summed E-state index contributed by atoms with van der Waals surface area (Å²) < 4.78 is 27.0. The molecule has 0 N–H and O–H groups in total. The highest BCUT2D eigenvalue weighted by atomic mass is 32.2. The average molecular weight is 338 g/mol. The van der Waals surface area contributed by atoms with E-state index < -0.39 is 18.1 Å². The van der Waals surface area contributed by atoms with Gasteiger partial charge in [-0.05, 0) is 37.8 Å². The predicted octanol–water partition coefficient (Wildman–Crippen LogP) is 3.83. The van der Waals surface area contributed by atoms with E-state index in [-0.39, 0.29) is 0 Å². The van der Waals surface area contributed by atoms with Crippen molar-refractivity contribution in [2.75, 3.05) is 13.1 Å². The number of nitrogens with zero attached hydrogens (tertiary/aromatic N) is 1. The van der Waals surface area contributed by atoms with E-state index in [1.54, 1.807) is 16.4 Å². The summed E-state index contributed by atoms with van der Waals surface area (Å²) in [5, 5.41) is 1.37. The van der Waals surface area contributed by atoms with Crippen LogP contribution in [0.2, 0.25) is 19.6 Å². The summed E-state index contributed by atoms with van der Waals surface area (Å²) in [6.45, 7) is 14.4. The molecule has 1 aliphatic heterocycles. The summed E-state index contributed by atoms with van der Waals surface area (Å²) in [5.74, 6) is 0.483. The Hall–Kier alpha value is -0.913. The van der Waals surface area contributed by atoms with Gasteiger partial charge in [0.25, 0.3) is 0 Å². The number of piperidine rings is 1. The first-order valence-corrected chi connectivity index (χ1v) is 12.8. The summed E-state index contributed by atoms with van der Waals surface area (Å²) in [6, 6.07) is 7.12. The third kappa shape index (κ3) is 3.70. The van der Waals surface area contributed by atoms with Crippen LogP contribution in [0.1, 0.15) is 18.4 Å². The monoisotopic (exact) mass is 337 g/mol. The van der Waals surface area contributed by atoms with Crippen molar-refractivity contribution >= 4 is 18.1 Å². The number of allylic oxidation sites excluding steroid dienone is 1. The van der Waals surface area contributed by atoms with E-state index in [0.717, 1.165) is 18.4 Å². The van der Waals surface area contributed by atoms with Crippen LogP contribution in [0.25, 0.3) is 0 Å². The van der Waals surface area contributed by atoms with Crippen molar-refractivity contribution in [1.82, 2.24) is 4.31 Å². The van der Waals surface area contributed by atoms with Gasteiger partial charge in [0.05, 0.1) is 13.0 Å². The van der Waals surface area contributed by atoms with Crippen LogP contribution >= 0.6 is 0 Å². The van der Waals surface area contributed by atoms with E-state index in [9.17, 15) is 8.42 Å². The molecule has 1 heterocycles. The Balaban J connectivity index is 2.08. The molecule has 0 atom stereocenters. The Bertz CT molecular complexity index is 636. The van der Waals surface area contributed by atoms with Gasteiger partial charge >= 0.3 is 0 Å². The Morgan fingerprint density at radius 3 is 2.09 bits per heavy atom. The molecule has 0 amide bonds. The van der Waals surface area contributed by atoms with Crippen molar-refractivity contribution in [3.63, 3.8) is 0 Å². The lowest BCUT2D eigenvalue weighted by Crippen LogP contribution is -2.41. The van der Waals surface area contributed by atoms with Gasteiger partial charge in [0.1, 0.15) is 0 Å². The molecule has 1 aliphatic rings. The lowest BCUT2D eigenvalue weighted by Gasteiger charge is -2.35. The predicted molar refractivity (Wildman–Crippen MR) is 95.1 cm³/mol. The van der Waals surface area contributed by atoms with E-state index >= 15 is 0 Å². The highest BCUT2D eigenvalue weighted by Gasteiger charge is 2.33. The first-order valence-electron chi connectivity index (χ1n) is 7.88. The third-order valence-electron chi connectivity index (χ3n) is 4.57. The Kier molecular flexibility index (Phi) is 4.99. The van der Waals surface area contributed by atoms with Crippen LogP contribution in [0.3, 0.4) is 0 Å². The molecule has 1 saturated heterocycles. The van der Waals surface area contributed by atoms with Crippen molar-refractivity contribution in [2.45, 2.75) is 44.3 Å². The zero-order chi connectivity index (χ0) is 16.5. The maximum absolute atomic E-state index is 12.7. The van der Waals surface area contributed by atoms with E-state index in [0.29, 0.717) is 23.9 Å². The quantitative estimate of drug-likeness (QED) is 0.783. The van der Waals surface area contributed by atoms with E-state index in [1.807, 2.05) is 19.1 Å². The Morgan fingerprint density at radius 1 is 1.14 bits per heavy atom. The highest BCUT2D eigenvalue weighted by molar-refractivity contribution is 7.89. The first kappa shape index (κ1) is 17.4. The third-order valence-corrected chi connectivity index (χ3v) is 8.82. The van der Waals surface area contributed by atoms with Crippen LogP contribution in [0.5, 0.6) is 0 Å². The molecule has 0 aliphatic carbocycles. The van der Waals surface area contributed by atoms with Gasteiger partial charge < -0.3 is 0 Å². The van der Waals surface area contributed by atoms with Crippen molar-refractivity contribution in [1.29, 1.82) is 0 Å². The SMILES string of the molecule is C=C(C1CCN(S(=O)(=O)c2ccc(C)cc2)CC1)[Si](C)(C)C. The normalized spacial score (nSPS) is 18.4. The minimum atomic E-state index is -3.35. The molecular weight excluding hydrogens is 310 g/mol. The number of sulfonamides is 1. The number of hydrogen-bond acceptors (Lipinski definition) is 2. The summed E-state index contributed by atoms with van der Waals surface area (Å²) in [6.07, 6.45) is 1.79. The summed E-state index contributed by atoms with van der Waals surface area (Å²) in [4.78, 5) is 0.403. The lowest BCUT2D eigenvalue weighted by atomic mass is 9.98. The zero-order valence-electron chi connectivity index (χ0n) is 14.1. The zero-order valence-corrected chi connectivity index (χ0v) is 15.9. The number of hydrogen-bond donors (Lipinski definition) is 0. The fourth-order valence-electron chi connectivity index (χ4n) is 2.92. The molecule has 122 valence electrons. The largest absolute Gasteiger partial charge is 0.243 e. The summed E-state index contributed by atoms with van der Waals surface area (Å²) >= 11 is 0. The van der Waals surface area contributed by atoms with Crippen molar-refractivity contribution in [3.8, 4) is 0 Å². The van der Waals surface area contributed by atoms with Crippen LogP contribution in [-0.4, -0.2) is 33.9 Å². The number of benzene rings is 1. The highest BCUT2D eigenvalue weighted by Crippen LogP contribution is 2.31. The maximum atomic E-state index is 12.7. The molecule has 1 aromatic carbocycles.